The van der Waals surface area contributed by atoms with Crippen LogP contribution in [-0.2, 0) is 10.0 Å². The van der Waals surface area contributed by atoms with Gasteiger partial charge in [0.15, 0.2) is 0 Å². The van der Waals surface area contributed by atoms with Gasteiger partial charge in [0.1, 0.15) is 5.75 Å². The van der Waals surface area contributed by atoms with E-state index in [-0.39, 0.29) is 56.3 Å². The summed E-state index contributed by atoms with van der Waals surface area (Å²) in [5, 5.41) is 4.74. The van der Waals surface area contributed by atoms with Crippen molar-refractivity contribution in [3.05, 3.63) is 24.3 Å². The van der Waals surface area contributed by atoms with Gasteiger partial charge in [-0.3, -0.25) is 0 Å². The molecule has 0 aliphatic carbocycles. The summed E-state index contributed by atoms with van der Waals surface area (Å²) in [6.07, 6.45) is -4.80. The van der Waals surface area contributed by atoms with E-state index in [1.807, 2.05) is 0 Å². The van der Waals surface area contributed by atoms with Crippen LogP contribution in [0.3, 0.4) is 0 Å². The van der Waals surface area contributed by atoms with Gasteiger partial charge in [-0.1, -0.05) is 0 Å². The van der Waals surface area contributed by atoms with Crippen LogP contribution in [0.2, 0.25) is 0 Å². The number of hydrogen-bond acceptors (Lipinski definition) is 3. The van der Waals surface area contributed by atoms with Crippen LogP contribution in [0.4, 0.5) is 13.2 Å². The van der Waals surface area contributed by atoms with E-state index < -0.39 is 22.1 Å². The van der Waals surface area contributed by atoms with Crippen molar-refractivity contribution in [2.75, 3.05) is 0 Å². The number of sulfonamides is 1. The average Bonchev–Trinajstić information content (AvgIpc) is 2.00. The number of hydrogen-bond donors (Lipinski definition) is 1. The quantitative estimate of drug-likeness (QED) is 0.652. The van der Waals surface area contributed by atoms with Crippen molar-refractivity contribution in [2.24, 2.45) is 5.14 Å². The van der Waals surface area contributed by atoms with Crippen LogP contribution in [-0.4, -0.2) is 14.8 Å². The fourth-order valence-corrected chi connectivity index (χ4v) is 1.35. The number of nitrogens with two attached hydrogens (primary N) is 1. The monoisotopic (exact) mass is 280 g/mol. The van der Waals surface area contributed by atoms with Gasteiger partial charge in [0.25, 0.3) is 0 Å². The molecule has 16 heavy (non-hydrogen) atoms. The fourth-order valence-electron chi connectivity index (χ4n) is 0.831. The molecule has 1 aromatic carbocycles. The molecule has 0 unspecified atom stereocenters. The van der Waals surface area contributed by atoms with Gasteiger partial charge >= 0.3 is 57.7 Å². The van der Waals surface area contributed by atoms with Crippen molar-refractivity contribution in [1.29, 1.82) is 0 Å². The van der Waals surface area contributed by atoms with Gasteiger partial charge in [0.05, 0.1) is 4.90 Å². The molecular weight excluding hydrogens is 274 g/mol. The standard InChI is InChI=1S/C7H6F3NO3S.K/c8-7(9,10)14-5-1-3-6(4-2-5)15(11,12)13;/h1-4H,(H2,11,12,13);/q;+1. The molecule has 2 N–H and O–H groups in total. The van der Waals surface area contributed by atoms with Crippen LogP contribution in [0.15, 0.2) is 29.2 Å². The second kappa shape index (κ2) is 5.80. The zero-order valence-electron chi connectivity index (χ0n) is 8.15. The first-order valence-corrected chi connectivity index (χ1v) is 5.12. The summed E-state index contributed by atoms with van der Waals surface area (Å²) in [5.74, 6) is -0.505. The van der Waals surface area contributed by atoms with E-state index in [1.54, 1.807) is 0 Å². The Morgan fingerprint density at radius 3 is 1.88 bits per heavy atom. The molecule has 0 saturated heterocycles. The topological polar surface area (TPSA) is 69.4 Å². The second-order valence-corrected chi connectivity index (χ2v) is 4.13. The molecule has 0 atom stereocenters. The first kappa shape index (κ1) is 16.4. The van der Waals surface area contributed by atoms with E-state index >= 15 is 0 Å². The van der Waals surface area contributed by atoms with Gasteiger partial charge in [-0.2, -0.15) is 0 Å². The third-order valence-electron chi connectivity index (χ3n) is 1.39. The predicted octanol–water partition coefficient (Wildman–Crippen LogP) is -1.76. The Balaban J connectivity index is 0.00000225. The van der Waals surface area contributed by atoms with Crippen LogP contribution < -0.4 is 61.3 Å². The minimum absolute atomic E-state index is 0. The van der Waals surface area contributed by atoms with Gasteiger partial charge in [0, 0.05) is 0 Å². The number of ether oxygens (including phenoxy) is 1. The minimum atomic E-state index is -4.80. The summed E-state index contributed by atoms with van der Waals surface area (Å²) in [6.45, 7) is 0. The molecule has 1 aromatic rings. The molecule has 0 spiro atoms. The summed E-state index contributed by atoms with van der Waals surface area (Å²) >= 11 is 0. The maximum atomic E-state index is 11.7. The molecule has 1 rings (SSSR count). The van der Waals surface area contributed by atoms with Crippen molar-refractivity contribution in [3.63, 3.8) is 0 Å². The van der Waals surface area contributed by atoms with Gasteiger partial charge < -0.3 is 4.74 Å². The maximum Gasteiger partial charge on any atom is 1.00 e. The van der Waals surface area contributed by atoms with Crippen molar-refractivity contribution >= 4 is 10.0 Å². The van der Waals surface area contributed by atoms with Crippen molar-refractivity contribution in [3.8, 4) is 5.75 Å². The average molecular weight is 280 g/mol. The molecule has 0 amide bonds. The fraction of sp³-hybridized carbons (Fsp3) is 0.143. The third-order valence-corrected chi connectivity index (χ3v) is 2.32. The molecule has 0 aromatic heterocycles. The Kier molecular flexibility index (Phi) is 5.93. The van der Waals surface area contributed by atoms with Crippen molar-refractivity contribution < 1.29 is 77.7 Å². The molecular formula is C7H6F3KNO3S+. The van der Waals surface area contributed by atoms with Gasteiger partial charge in [0.2, 0.25) is 10.0 Å². The number of rotatable bonds is 2. The maximum absolute atomic E-state index is 11.7. The number of halogens is 3. The Bertz CT molecular complexity index is 443. The van der Waals surface area contributed by atoms with Crippen molar-refractivity contribution in [1.82, 2.24) is 0 Å². The van der Waals surface area contributed by atoms with E-state index in [1.165, 1.54) is 0 Å². The van der Waals surface area contributed by atoms with Crippen LogP contribution in [0.5, 0.6) is 5.75 Å². The van der Waals surface area contributed by atoms with Crippen LogP contribution in [0.25, 0.3) is 0 Å². The van der Waals surface area contributed by atoms with Gasteiger partial charge in [-0.15, -0.1) is 13.2 Å². The molecule has 84 valence electrons. The zero-order valence-corrected chi connectivity index (χ0v) is 12.1. The normalized spacial score (nSPS) is 11.8. The smallest absolute Gasteiger partial charge is 0.406 e. The van der Waals surface area contributed by atoms with Crippen LogP contribution >= 0.6 is 0 Å². The van der Waals surface area contributed by atoms with Crippen LogP contribution in [0.1, 0.15) is 0 Å². The number of alkyl halides is 3. The Labute approximate surface area is 132 Å². The second-order valence-electron chi connectivity index (χ2n) is 2.56. The van der Waals surface area contributed by atoms with E-state index in [2.05, 4.69) is 4.74 Å². The van der Waals surface area contributed by atoms with E-state index in [0.29, 0.717) is 0 Å². The molecule has 0 radical (unpaired) electrons. The molecule has 4 nitrogen and oxygen atoms in total. The molecule has 0 saturated carbocycles. The molecule has 0 bridgehead atoms. The molecule has 0 heterocycles. The Hall–Kier alpha value is 0.356. The van der Waals surface area contributed by atoms with E-state index in [9.17, 15) is 21.6 Å². The first-order valence-electron chi connectivity index (χ1n) is 3.57. The van der Waals surface area contributed by atoms with E-state index in [4.69, 9.17) is 5.14 Å². The molecule has 0 aliphatic heterocycles. The molecule has 9 heteroatoms. The predicted molar refractivity (Wildman–Crippen MR) is 44.5 cm³/mol. The summed E-state index contributed by atoms with van der Waals surface area (Å²) in [7, 11) is -3.90. The van der Waals surface area contributed by atoms with Gasteiger partial charge in [-0.05, 0) is 24.3 Å². The number of primary sulfonamides is 1. The minimum Gasteiger partial charge on any atom is -0.406 e. The summed E-state index contributed by atoms with van der Waals surface area (Å²) in [5.41, 5.74) is 0. The first-order chi connectivity index (χ1) is 6.68. The van der Waals surface area contributed by atoms with E-state index in [0.717, 1.165) is 24.3 Å². The zero-order chi connectivity index (χ0) is 11.7. The number of benzene rings is 1. The third kappa shape index (κ3) is 5.62. The summed E-state index contributed by atoms with van der Waals surface area (Å²) < 4.78 is 60.2. The molecule has 0 fully saturated rings. The molecule has 0 aliphatic rings. The van der Waals surface area contributed by atoms with Crippen LogP contribution in [0, 0.1) is 0 Å². The van der Waals surface area contributed by atoms with Gasteiger partial charge in [-0.25, -0.2) is 13.6 Å². The van der Waals surface area contributed by atoms with Crippen molar-refractivity contribution in [2.45, 2.75) is 11.3 Å². The Morgan fingerprint density at radius 2 is 1.56 bits per heavy atom. The summed E-state index contributed by atoms with van der Waals surface area (Å²) in [4.78, 5) is -0.281. The SMILES string of the molecule is NS(=O)(=O)c1ccc(OC(F)(F)F)cc1.[K+]. The summed E-state index contributed by atoms with van der Waals surface area (Å²) in [6, 6.07) is 3.59. The largest absolute Gasteiger partial charge is 1.00 e. The Morgan fingerprint density at radius 1 is 1.12 bits per heavy atom.